The van der Waals surface area contributed by atoms with Crippen LogP contribution in [0.4, 0.5) is 5.69 Å². The van der Waals surface area contributed by atoms with E-state index in [1.807, 2.05) is 32.0 Å². The number of carbonyl (C=O) groups is 3. The van der Waals surface area contributed by atoms with Crippen molar-refractivity contribution >= 4 is 23.5 Å². The smallest absolute Gasteiger partial charge is 0.371 e. The SMILES string of the molecule is Cc1ccc(N2CC[C@H](C(=O)NCc3ccc(C(=O)O)o3)C2=O)cc1C. The molecule has 26 heavy (non-hydrogen) atoms. The number of aromatic carboxylic acids is 1. The topological polar surface area (TPSA) is 99.8 Å². The molecule has 1 aromatic carbocycles. The first-order valence-electron chi connectivity index (χ1n) is 8.35. The number of nitrogens with zero attached hydrogens (tertiary/aromatic N) is 1. The van der Waals surface area contributed by atoms with Gasteiger partial charge in [0.25, 0.3) is 0 Å². The van der Waals surface area contributed by atoms with Gasteiger partial charge < -0.3 is 19.7 Å². The molecular formula is C19H20N2O5. The fourth-order valence-electron chi connectivity index (χ4n) is 2.96. The molecule has 1 aliphatic heterocycles. The van der Waals surface area contributed by atoms with Crippen LogP contribution >= 0.6 is 0 Å². The highest BCUT2D eigenvalue weighted by Crippen LogP contribution is 2.27. The van der Waals surface area contributed by atoms with Crippen LogP contribution in [0.5, 0.6) is 0 Å². The maximum Gasteiger partial charge on any atom is 0.371 e. The summed E-state index contributed by atoms with van der Waals surface area (Å²) in [7, 11) is 0. The van der Waals surface area contributed by atoms with E-state index in [9.17, 15) is 14.4 Å². The normalized spacial score (nSPS) is 16.8. The highest BCUT2D eigenvalue weighted by atomic mass is 16.4. The first kappa shape index (κ1) is 17.7. The summed E-state index contributed by atoms with van der Waals surface area (Å²) in [5, 5.41) is 11.5. The van der Waals surface area contributed by atoms with Gasteiger partial charge in [0.05, 0.1) is 6.54 Å². The van der Waals surface area contributed by atoms with Crippen LogP contribution < -0.4 is 10.2 Å². The Balaban J connectivity index is 1.62. The first-order chi connectivity index (χ1) is 12.4. The lowest BCUT2D eigenvalue weighted by molar-refractivity contribution is -0.132. The highest BCUT2D eigenvalue weighted by Gasteiger charge is 2.37. The lowest BCUT2D eigenvalue weighted by atomic mass is 10.1. The lowest BCUT2D eigenvalue weighted by Gasteiger charge is -2.18. The number of hydrogen-bond donors (Lipinski definition) is 2. The van der Waals surface area contributed by atoms with Gasteiger partial charge in [0.1, 0.15) is 11.7 Å². The molecular weight excluding hydrogens is 336 g/mol. The minimum atomic E-state index is -1.17. The minimum absolute atomic E-state index is 0.0412. The zero-order valence-electron chi connectivity index (χ0n) is 14.6. The Morgan fingerprint density at radius 2 is 2.00 bits per heavy atom. The monoisotopic (exact) mass is 356 g/mol. The maximum atomic E-state index is 12.6. The molecule has 0 aliphatic carbocycles. The second kappa shape index (κ2) is 7.03. The van der Waals surface area contributed by atoms with E-state index in [-0.39, 0.29) is 24.1 Å². The van der Waals surface area contributed by atoms with Crippen LogP contribution in [0, 0.1) is 19.8 Å². The van der Waals surface area contributed by atoms with E-state index < -0.39 is 11.9 Å². The number of nitrogens with one attached hydrogen (secondary N) is 1. The number of carboxylic acid groups (broad SMARTS) is 1. The number of aryl methyl sites for hydroxylation is 2. The van der Waals surface area contributed by atoms with Gasteiger partial charge in [-0.25, -0.2) is 4.79 Å². The first-order valence-corrected chi connectivity index (χ1v) is 8.35. The average Bonchev–Trinajstić information content (AvgIpc) is 3.22. The third kappa shape index (κ3) is 3.46. The fourth-order valence-corrected chi connectivity index (χ4v) is 2.96. The Morgan fingerprint density at radius 3 is 2.65 bits per heavy atom. The van der Waals surface area contributed by atoms with Crippen molar-refractivity contribution in [1.29, 1.82) is 0 Å². The van der Waals surface area contributed by atoms with Crippen LogP contribution in [0.1, 0.15) is 33.9 Å². The van der Waals surface area contributed by atoms with Crippen molar-refractivity contribution in [2.24, 2.45) is 5.92 Å². The number of furan rings is 1. The molecule has 7 nitrogen and oxygen atoms in total. The van der Waals surface area contributed by atoms with Crippen LogP contribution in [0.25, 0.3) is 0 Å². The summed E-state index contributed by atoms with van der Waals surface area (Å²) >= 11 is 0. The van der Waals surface area contributed by atoms with E-state index >= 15 is 0 Å². The summed E-state index contributed by atoms with van der Waals surface area (Å²) in [6.07, 6.45) is 0.441. The van der Waals surface area contributed by atoms with Gasteiger partial charge in [0.2, 0.25) is 17.6 Å². The van der Waals surface area contributed by atoms with E-state index in [1.54, 1.807) is 4.90 Å². The van der Waals surface area contributed by atoms with Crippen molar-refractivity contribution in [2.45, 2.75) is 26.8 Å². The molecule has 7 heteroatoms. The molecule has 2 amide bonds. The predicted octanol–water partition coefficient (Wildman–Crippen LogP) is 2.26. The summed E-state index contributed by atoms with van der Waals surface area (Å²) in [6, 6.07) is 8.61. The molecule has 1 atom stereocenters. The molecule has 1 saturated heterocycles. The quantitative estimate of drug-likeness (QED) is 0.801. The van der Waals surface area contributed by atoms with E-state index in [4.69, 9.17) is 9.52 Å². The van der Waals surface area contributed by atoms with Crippen LogP contribution in [0.15, 0.2) is 34.7 Å². The summed E-state index contributed by atoms with van der Waals surface area (Å²) in [6.45, 7) is 4.52. The van der Waals surface area contributed by atoms with E-state index in [0.29, 0.717) is 18.7 Å². The zero-order valence-corrected chi connectivity index (χ0v) is 14.6. The third-order valence-electron chi connectivity index (χ3n) is 4.63. The average molecular weight is 356 g/mol. The van der Waals surface area contributed by atoms with Crippen LogP contribution in [-0.2, 0) is 16.1 Å². The van der Waals surface area contributed by atoms with Crippen LogP contribution in [0.3, 0.4) is 0 Å². The Kier molecular flexibility index (Phi) is 4.79. The van der Waals surface area contributed by atoms with E-state index in [1.165, 1.54) is 12.1 Å². The number of carbonyl (C=O) groups excluding carboxylic acids is 2. The van der Waals surface area contributed by atoms with Crippen molar-refractivity contribution in [3.8, 4) is 0 Å². The summed E-state index contributed by atoms with van der Waals surface area (Å²) in [4.78, 5) is 37.4. The third-order valence-corrected chi connectivity index (χ3v) is 4.63. The van der Waals surface area contributed by atoms with Gasteiger partial charge in [-0.15, -0.1) is 0 Å². The van der Waals surface area contributed by atoms with Crippen molar-refractivity contribution in [3.05, 3.63) is 53.0 Å². The van der Waals surface area contributed by atoms with Gasteiger partial charge in [-0.05, 0) is 55.7 Å². The van der Waals surface area contributed by atoms with Crippen LogP contribution in [-0.4, -0.2) is 29.4 Å². The summed E-state index contributed by atoms with van der Waals surface area (Å²) < 4.78 is 5.09. The molecule has 2 aromatic rings. The summed E-state index contributed by atoms with van der Waals surface area (Å²) in [5.41, 5.74) is 3.04. The molecule has 1 fully saturated rings. The number of anilines is 1. The molecule has 0 bridgehead atoms. The number of benzene rings is 1. The van der Waals surface area contributed by atoms with Gasteiger partial charge in [0, 0.05) is 12.2 Å². The molecule has 0 saturated carbocycles. The van der Waals surface area contributed by atoms with Crippen LogP contribution in [0.2, 0.25) is 0 Å². The highest BCUT2D eigenvalue weighted by molar-refractivity contribution is 6.09. The number of rotatable bonds is 5. The molecule has 0 unspecified atom stereocenters. The van der Waals surface area contributed by atoms with Gasteiger partial charge in [-0.2, -0.15) is 0 Å². The van der Waals surface area contributed by atoms with Crippen molar-refractivity contribution < 1.29 is 23.9 Å². The molecule has 1 aliphatic rings. The fraction of sp³-hybridized carbons (Fsp3) is 0.316. The second-order valence-electron chi connectivity index (χ2n) is 6.39. The number of amides is 2. The molecule has 0 spiro atoms. The molecule has 0 radical (unpaired) electrons. The largest absolute Gasteiger partial charge is 0.475 e. The van der Waals surface area contributed by atoms with Crippen molar-refractivity contribution in [1.82, 2.24) is 5.32 Å². The molecule has 2 heterocycles. The Labute approximate surface area is 150 Å². The maximum absolute atomic E-state index is 12.6. The molecule has 136 valence electrons. The van der Waals surface area contributed by atoms with Gasteiger partial charge in [0.15, 0.2) is 0 Å². The standard InChI is InChI=1S/C19H20N2O5/c1-11-3-4-13(9-12(11)2)21-8-7-15(18(21)23)17(22)20-10-14-5-6-16(26-14)19(24)25/h3-6,9,15H,7-8,10H2,1-2H3,(H,20,22)(H,24,25)/t15-/m1/s1. The molecule has 2 N–H and O–H groups in total. The van der Waals surface area contributed by atoms with Gasteiger partial charge in [-0.3, -0.25) is 9.59 Å². The van der Waals surface area contributed by atoms with Crippen molar-refractivity contribution in [2.75, 3.05) is 11.4 Å². The Morgan fingerprint density at radius 1 is 1.23 bits per heavy atom. The molecule has 1 aromatic heterocycles. The summed E-state index contributed by atoms with van der Waals surface area (Å²) in [5.74, 6) is -2.38. The Bertz CT molecular complexity index is 871. The number of hydrogen-bond acceptors (Lipinski definition) is 4. The zero-order chi connectivity index (χ0) is 18.8. The molecule has 3 rings (SSSR count). The predicted molar refractivity (Wildman–Crippen MR) is 93.9 cm³/mol. The van der Waals surface area contributed by atoms with Gasteiger partial charge >= 0.3 is 5.97 Å². The second-order valence-corrected chi connectivity index (χ2v) is 6.39. The Hall–Kier alpha value is -3.09. The van der Waals surface area contributed by atoms with E-state index in [2.05, 4.69) is 5.32 Å². The van der Waals surface area contributed by atoms with Gasteiger partial charge in [-0.1, -0.05) is 6.07 Å². The van der Waals surface area contributed by atoms with Crippen molar-refractivity contribution in [3.63, 3.8) is 0 Å². The minimum Gasteiger partial charge on any atom is -0.475 e. The lowest BCUT2D eigenvalue weighted by Crippen LogP contribution is -2.36. The van der Waals surface area contributed by atoms with E-state index in [0.717, 1.165) is 16.8 Å². The number of carboxylic acids is 1.